The van der Waals surface area contributed by atoms with E-state index in [1.54, 1.807) is 24.3 Å². The molecule has 0 amide bonds. The van der Waals surface area contributed by atoms with Crippen LogP contribution in [0.1, 0.15) is 42.1 Å². The summed E-state index contributed by atoms with van der Waals surface area (Å²) in [6, 6.07) is 8.89. The summed E-state index contributed by atoms with van der Waals surface area (Å²) in [7, 11) is 0. The van der Waals surface area contributed by atoms with E-state index < -0.39 is 0 Å². The molecule has 0 unspecified atom stereocenters. The second-order valence-electron chi connectivity index (χ2n) is 3.22. The van der Waals surface area contributed by atoms with E-state index in [0.29, 0.717) is 17.5 Å². The van der Waals surface area contributed by atoms with Gasteiger partial charge in [-0.05, 0) is 18.6 Å². The van der Waals surface area contributed by atoms with E-state index in [0.717, 1.165) is 12.8 Å². The Bertz CT molecular complexity index is 363. The number of hydrogen-bond acceptors (Lipinski definition) is 2. The molecule has 0 saturated carbocycles. The normalized spacial score (nSPS) is 9.43. The topological polar surface area (TPSA) is 40.9 Å². The maximum atomic E-state index is 11.6. The van der Waals surface area contributed by atoms with Gasteiger partial charge < -0.3 is 0 Å². The van der Waals surface area contributed by atoms with E-state index in [1.807, 2.05) is 6.07 Å². The summed E-state index contributed by atoms with van der Waals surface area (Å²) < 4.78 is 0. The minimum Gasteiger partial charge on any atom is -0.294 e. The molecule has 0 atom stereocenters. The molecule has 1 rings (SSSR count). The molecule has 0 spiro atoms. The third-order valence-corrected chi connectivity index (χ3v) is 2.07. The summed E-state index contributed by atoms with van der Waals surface area (Å²) in [6.45, 7) is 2.05. The van der Waals surface area contributed by atoms with Crippen molar-refractivity contribution in [2.75, 3.05) is 0 Å². The number of nitrogens with zero attached hydrogens (tertiary/aromatic N) is 1. The van der Waals surface area contributed by atoms with Gasteiger partial charge in [0.1, 0.15) is 0 Å². The minimum atomic E-state index is 0.129. The van der Waals surface area contributed by atoms with Crippen molar-refractivity contribution < 1.29 is 4.79 Å². The van der Waals surface area contributed by atoms with Crippen molar-refractivity contribution in [3.8, 4) is 6.07 Å². The lowest BCUT2D eigenvalue weighted by Crippen LogP contribution is -1.98. The monoisotopic (exact) mass is 187 g/mol. The van der Waals surface area contributed by atoms with Crippen LogP contribution in [-0.2, 0) is 0 Å². The Hall–Kier alpha value is -1.62. The van der Waals surface area contributed by atoms with Crippen LogP contribution >= 0.6 is 0 Å². The van der Waals surface area contributed by atoms with Gasteiger partial charge >= 0.3 is 0 Å². The lowest BCUT2D eigenvalue weighted by Gasteiger charge is -1.99. The summed E-state index contributed by atoms with van der Waals surface area (Å²) in [5.41, 5.74) is 1.20. The Morgan fingerprint density at radius 2 is 2.29 bits per heavy atom. The van der Waals surface area contributed by atoms with Crippen molar-refractivity contribution in [1.29, 1.82) is 5.26 Å². The molecule has 0 saturated heterocycles. The summed E-state index contributed by atoms with van der Waals surface area (Å²) in [6.07, 6.45) is 2.50. The van der Waals surface area contributed by atoms with Crippen molar-refractivity contribution >= 4 is 5.78 Å². The van der Waals surface area contributed by atoms with Gasteiger partial charge in [0.25, 0.3) is 0 Å². The quantitative estimate of drug-likeness (QED) is 0.680. The number of rotatable bonds is 4. The van der Waals surface area contributed by atoms with Crippen LogP contribution in [0.4, 0.5) is 0 Å². The highest BCUT2D eigenvalue weighted by Crippen LogP contribution is 2.09. The Morgan fingerprint density at radius 1 is 1.50 bits per heavy atom. The zero-order valence-electron chi connectivity index (χ0n) is 8.29. The summed E-state index contributed by atoms with van der Waals surface area (Å²) >= 11 is 0. The number of carbonyl (C=O) groups excluding carboxylic acids is 1. The number of unbranched alkanes of at least 4 members (excludes halogenated alkanes) is 1. The zero-order valence-corrected chi connectivity index (χ0v) is 8.29. The van der Waals surface area contributed by atoms with Gasteiger partial charge in [-0.3, -0.25) is 4.79 Å². The maximum absolute atomic E-state index is 11.6. The van der Waals surface area contributed by atoms with Crippen LogP contribution in [0.5, 0.6) is 0 Å². The molecule has 1 aromatic rings. The van der Waals surface area contributed by atoms with E-state index in [1.165, 1.54) is 0 Å². The van der Waals surface area contributed by atoms with Crippen molar-refractivity contribution in [3.05, 3.63) is 35.4 Å². The zero-order chi connectivity index (χ0) is 10.4. The van der Waals surface area contributed by atoms with Gasteiger partial charge in [-0.25, -0.2) is 0 Å². The highest BCUT2D eigenvalue weighted by molar-refractivity contribution is 5.96. The Morgan fingerprint density at radius 3 is 2.93 bits per heavy atom. The highest BCUT2D eigenvalue weighted by atomic mass is 16.1. The summed E-state index contributed by atoms with van der Waals surface area (Å²) in [5.74, 6) is 0.129. The number of nitriles is 1. The number of Topliss-reactive ketones (excluding diaryl/α,β-unsaturated/α-hetero) is 1. The van der Waals surface area contributed by atoms with Crippen LogP contribution in [0.2, 0.25) is 0 Å². The van der Waals surface area contributed by atoms with Crippen LogP contribution in [0.3, 0.4) is 0 Å². The molecule has 2 heteroatoms. The van der Waals surface area contributed by atoms with E-state index in [-0.39, 0.29) is 5.78 Å². The number of benzene rings is 1. The first-order valence-electron chi connectivity index (χ1n) is 4.81. The molecule has 0 aliphatic rings. The number of ketones is 1. The molecule has 14 heavy (non-hydrogen) atoms. The van der Waals surface area contributed by atoms with Crippen LogP contribution in [0.15, 0.2) is 24.3 Å². The molecular weight excluding hydrogens is 174 g/mol. The molecule has 0 radical (unpaired) electrons. The molecule has 0 bridgehead atoms. The fourth-order valence-corrected chi connectivity index (χ4v) is 1.24. The average Bonchev–Trinajstić information content (AvgIpc) is 2.26. The Labute approximate surface area is 84.2 Å². The van der Waals surface area contributed by atoms with E-state index >= 15 is 0 Å². The number of hydrogen-bond donors (Lipinski definition) is 0. The molecule has 0 aliphatic heterocycles. The first-order valence-corrected chi connectivity index (χ1v) is 4.81. The van der Waals surface area contributed by atoms with E-state index in [2.05, 4.69) is 6.92 Å². The van der Waals surface area contributed by atoms with Crippen LogP contribution < -0.4 is 0 Å². The molecule has 1 aromatic carbocycles. The van der Waals surface area contributed by atoms with E-state index in [4.69, 9.17) is 5.26 Å². The molecular formula is C12H13NO. The second-order valence-corrected chi connectivity index (χ2v) is 3.22. The molecule has 0 aliphatic carbocycles. The smallest absolute Gasteiger partial charge is 0.162 e. The van der Waals surface area contributed by atoms with Crippen LogP contribution in [-0.4, -0.2) is 5.78 Å². The SMILES string of the molecule is CCCCC(=O)c1cccc(C#N)c1. The third kappa shape index (κ3) is 2.70. The second kappa shape index (κ2) is 5.18. The maximum Gasteiger partial charge on any atom is 0.162 e. The van der Waals surface area contributed by atoms with Crippen molar-refractivity contribution in [2.24, 2.45) is 0 Å². The van der Waals surface area contributed by atoms with Gasteiger partial charge in [0.2, 0.25) is 0 Å². The molecule has 0 N–H and O–H groups in total. The minimum absolute atomic E-state index is 0.129. The molecule has 0 heterocycles. The molecule has 2 nitrogen and oxygen atoms in total. The lowest BCUT2D eigenvalue weighted by atomic mass is 10.0. The van der Waals surface area contributed by atoms with Crippen molar-refractivity contribution in [3.63, 3.8) is 0 Å². The summed E-state index contributed by atoms with van der Waals surface area (Å²) in [5, 5.41) is 8.66. The van der Waals surface area contributed by atoms with Gasteiger partial charge in [0.15, 0.2) is 5.78 Å². The average molecular weight is 187 g/mol. The predicted octanol–water partition coefficient (Wildman–Crippen LogP) is 2.93. The molecule has 0 fully saturated rings. The van der Waals surface area contributed by atoms with E-state index in [9.17, 15) is 4.79 Å². The van der Waals surface area contributed by atoms with Crippen molar-refractivity contribution in [2.45, 2.75) is 26.2 Å². The van der Waals surface area contributed by atoms with Gasteiger partial charge in [-0.15, -0.1) is 0 Å². The Kier molecular flexibility index (Phi) is 3.87. The Balaban J connectivity index is 2.75. The third-order valence-electron chi connectivity index (χ3n) is 2.07. The fraction of sp³-hybridized carbons (Fsp3) is 0.333. The molecule has 72 valence electrons. The first kappa shape index (κ1) is 10.5. The molecule has 0 aromatic heterocycles. The van der Waals surface area contributed by atoms with Crippen molar-refractivity contribution in [1.82, 2.24) is 0 Å². The summed E-state index contributed by atoms with van der Waals surface area (Å²) in [4.78, 5) is 11.6. The van der Waals surface area contributed by atoms with Crippen LogP contribution in [0, 0.1) is 11.3 Å². The standard InChI is InChI=1S/C12H13NO/c1-2-3-7-12(14)11-6-4-5-10(8-11)9-13/h4-6,8H,2-3,7H2,1H3. The highest BCUT2D eigenvalue weighted by Gasteiger charge is 2.04. The fourth-order valence-electron chi connectivity index (χ4n) is 1.24. The largest absolute Gasteiger partial charge is 0.294 e. The number of carbonyl (C=O) groups is 1. The van der Waals surface area contributed by atoms with Gasteiger partial charge in [-0.1, -0.05) is 25.5 Å². The lowest BCUT2D eigenvalue weighted by molar-refractivity contribution is 0.0980. The predicted molar refractivity (Wildman–Crippen MR) is 55.0 cm³/mol. The van der Waals surface area contributed by atoms with Gasteiger partial charge in [0, 0.05) is 12.0 Å². The van der Waals surface area contributed by atoms with Gasteiger partial charge in [0.05, 0.1) is 11.6 Å². The van der Waals surface area contributed by atoms with Gasteiger partial charge in [-0.2, -0.15) is 5.26 Å². The first-order chi connectivity index (χ1) is 6.77. The van der Waals surface area contributed by atoms with Crippen LogP contribution in [0.25, 0.3) is 0 Å².